The minimum Gasteiger partial charge on any atom is -0.391 e. The van der Waals surface area contributed by atoms with Crippen LogP contribution in [0.25, 0.3) is 0 Å². The van der Waals surface area contributed by atoms with Gasteiger partial charge < -0.3 is 25.5 Å². The monoisotopic (exact) mass is 1010 g/mol. The molecule has 70 heavy (non-hydrogen) atoms. The standard InChI is InChI=1S/C59H102N2O7S2/c1-5-9-13-17-21-25-29-33-37-41-53(62)49-60(50-54(63)42-38-34-30-26-22-18-14-10-6-2)45-47-69-58(67)57(66)59(68)70-48-46-61(51-55(64)43-39-35-31-27-23-19-15-11-7-3)52-56(65)44-40-36-32-28-24-20-16-12-8-4/h21-28,33-40,53-57,62-66H,5-20,29-32,41-52H2,1-4H3/b25-21-,26-22-,27-23-,28-24-,37-33-,38-34-,39-35-,40-36-. The molecule has 0 saturated carbocycles. The quantitative estimate of drug-likeness (QED) is 0.0226. The Bertz CT molecular complexity index is 1270. The van der Waals surface area contributed by atoms with Gasteiger partial charge in [0.2, 0.25) is 10.2 Å². The van der Waals surface area contributed by atoms with Crippen LogP contribution in [0.3, 0.4) is 0 Å². The van der Waals surface area contributed by atoms with Crippen LogP contribution in [0.5, 0.6) is 0 Å². The van der Waals surface area contributed by atoms with Gasteiger partial charge in [0, 0.05) is 50.8 Å². The lowest BCUT2D eigenvalue weighted by Crippen LogP contribution is -2.40. The van der Waals surface area contributed by atoms with Gasteiger partial charge in [-0.15, -0.1) is 0 Å². The molecule has 0 saturated heterocycles. The number of hydrogen-bond acceptors (Lipinski definition) is 11. The van der Waals surface area contributed by atoms with E-state index in [2.05, 4.69) is 101 Å². The van der Waals surface area contributed by atoms with Gasteiger partial charge in [0.25, 0.3) is 0 Å². The van der Waals surface area contributed by atoms with Crippen molar-refractivity contribution in [3.63, 3.8) is 0 Å². The molecule has 0 spiro atoms. The average molecular weight is 1020 g/mol. The van der Waals surface area contributed by atoms with Gasteiger partial charge in [0.15, 0.2) is 6.10 Å². The van der Waals surface area contributed by atoms with Crippen molar-refractivity contribution in [1.82, 2.24) is 9.80 Å². The second-order valence-electron chi connectivity index (χ2n) is 18.5. The lowest BCUT2D eigenvalue weighted by molar-refractivity contribution is -0.128. The van der Waals surface area contributed by atoms with Crippen molar-refractivity contribution in [3.8, 4) is 0 Å². The zero-order valence-corrected chi connectivity index (χ0v) is 46.1. The number of carbonyl (C=O) groups is 2. The molecule has 0 aromatic heterocycles. The van der Waals surface area contributed by atoms with E-state index >= 15 is 0 Å². The molecule has 0 heterocycles. The summed E-state index contributed by atoms with van der Waals surface area (Å²) in [6.07, 6.45) is 53.2. The molecule has 0 rings (SSSR count). The molecule has 0 bridgehead atoms. The first kappa shape index (κ1) is 67.7. The Labute approximate surface area is 436 Å². The number of thioether (sulfide) groups is 2. The van der Waals surface area contributed by atoms with Crippen LogP contribution in [0.2, 0.25) is 0 Å². The molecule has 0 amide bonds. The topological polar surface area (TPSA) is 142 Å². The highest BCUT2D eigenvalue weighted by Crippen LogP contribution is 2.16. The van der Waals surface area contributed by atoms with Gasteiger partial charge >= 0.3 is 0 Å². The van der Waals surface area contributed by atoms with Crippen LogP contribution >= 0.6 is 23.5 Å². The highest BCUT2D eigenvalue weighted by molar-refractivity contribution is 8.16. The summed E-state index contributed by atoms with van der Waals surface area (Å²) in [5, 5.41) is 53.3. The molecule has 0 radical (unpaired) electrons. The summed E-state index contributed by atoms with van der Waals surface area (Å²) in [6, 6.07) is 0. The maximum absolute atomic E-state index is 13.1. The number of unbranched alkanes of at least 4 members (excludes halogenated alkanes) is 12. The zero-order chi connectivity index (χ0) is 51.6. The van der Waals surface area contributed by atoms with E-state index in [4.69, 9.17) is 0 Å². The van der Waals surface area contributed by atoms with Gasteiger partial charge in [-0.2, -0.15) is 0 Å². The van der Waals surface area contributed by atoms with E-state index in [1.54, 1.807) is 0 Å². The van der Waals surface area contributed by atoms with E-state index in [1.807, 2.05) is 34.1 Å². The van der Waals surface area contributed by atoms with Crippen molar-refractivity contribution >= 4 is 33.8 Å². The Kier molecular flexibility index (Phi) is 49.9. The molecule has 4 unspecified atom stereocenters. The van der Waals surface area contributed by atoms with Crippen LogP contribution in [0.15, 0.2) is 97.2 Å². The van der Waals surface area contributed by atoms with Crippen molar-refractivity contribution in [3.05, 3.63) is 97.2 Å². The van der Waals surface area contributed by atoms with Gasteiger partial charge in [-0.05, 0) is 103 Å². The van der Waals surface area contributed by atoms with Crippen molar-refractivity contribution in [2.45, 2.75) is 212 Å². The molecular weight excluding hydrogens is 913 g/mol. The first-order valence-electron chi connectivity index (χ1n) is 27.5. The van der Waals surface area contributed by atoms with Gasteiger partial charge in [0.05, 0.1) is 24.4 Å². The molecule has 0 aliphatic carbocycles. The third kappa shape index (κ3) is 45.5. The van der Waals surface area contributed by atoms with Crippen LogP contribution in [0.4, 0.5) is 0 Å². The zero-order valence-electron chi connectivity index (χ0n) is 44.5. The molecule has 5 N–H and O–H groups in total. The smallest absolute Gasteiger partial charge is 0.226 e. The molecule has 0 aromatic rings. The van der Waals surface area contributed by atoms with Crippen LogP contribution < -0.4 is 0 Å². The van der Waals surface area contributed by atoms with Crippen LogP contribution in [-0.4, -0.2) is 127 Å². The number of carbonyl (C=O) groups excluding carboxylic acids is 2. The van der Waals surface area contributed by atoms with E-state index < -0.39 is 40.8 Å². The average Bonchev–Trinajstić information content (AvgIpc) is 3.33. The highest BCUT2D eigenvalue weighted by atomic mass is 32.2. The van der Waals surface area contributed by atoms with Crippen molar-refractivity contribution in [2.24, 2.45) is 0 Å². The fourth-order valence-corrected chi connectivity index (χ4v) is 9.13. The van der Waals surface area contributed by atoms with Crippen LogP contribution in [0.1, 0.15) is 182 Å². The van der Waals surface area contributed by atoms with Gasteiger partial charge in [-0.1, -0.05) is 200 Å². The molecular formula is C59H102N2O7S2. The summed E-state index contributed by atoms with van der Waals surface area (Å²) in [5.41, 5.74) is 0. The number of rotatable bonds is 48. The predicted octanol–water partition coefficient (Wildman–Crippen LogP) is 12.8. The van der Waals surface area contributed by atoms with E-state index in [9.17, 15) is 35.1 Å². The predicted molar refractivity (Wildman–Crippen MR) is 304 cm³/mol. The lowest BCUT2D eigenvalue weighted by Gasteiger charge is -2.27. The Balaban J connectivity index is 5.38. The Morgan fingerprint density at radius 1 is 0.371 bits per heavy atom. The minimum absolute atomic E-state index is 0.279. The third-order valence-corrected chi connectivity index (χ3v) is 13.4. The number of aliphatic hydroxyl groups excluding tert-OH is 5. The van der Waals surface area contributed by atoms with Crippen molar-refractivity contribution in [1.29, 1.82) is 0 Å². The maximum Gasteiger partial charge on any atom is 0.226 e. The largest absolute Gasteiger partial charge is 0.391 e. The van der Waals surface area contributed by atoms with E-state index in [-0.39, 0.29) is 11.5 Å². The third-order valence-electron chi connectivity index (χ3n) is 11.6. The number of allylic oxidation sites excluding steroid dienone is 12. The van der Waals surface area contributed by atoms with E-state index in [0.29, 0.717) is 65.0 Å². The SMILES string of the molecule is CCCCC/C=C\C/C=C\CC(O)CN(CCSC(=O)C(O)C(=O)SCCN(CC(O)C/C=C\C/C=C\CCCCC)CC(O)C/C=C\C/C=C\CCCCC)CC(O)C/C=C\C/C=C\CCCCC. The molecule has 9 nitrogen and oxygen atoms in total. The second kappa shape index (κ2) is 51.6. The first-order chi connectivity index (χ1) is 34.1. The summed E-state index contributed by atoms with van der Waals surface area (Å²) < 4.78 is 0. The molecule has 0 fully saturated rings. The molecule has 0 aliphatic rings. The minimum atomic E-state index is -1.79. The highest BCUT2D eigenvalue weighted by Gasteiger charge is 2.26. The van der Waals surface area contributed by atoms with E-state index in [1.165, 1.54) is 77.0 Å². The Morgan fingerprint density at radius 3 is 0.857 bits per heavy atom. The number of nitrogens with zero attached hydrogens (tertiary/aromatic N) is 2. The Morgan fingerprint density at radius 2 is 0.614 bits per heavy atom. The van der Waals surface area contributed by atoms with Crippen LogP contribution in [-0.2, 0) is 9.59 Å². The summed E-state index contributed by atoms with van der Waals surface area (Å²) in [6.45, 7) is 10.8. The van der Waals surface area contributed by atoms with Crippen molar-refractivity contribution < 1.29 is 35.1 Å². The second-order valence-corrected chi connectivity index (χ2v) is 20.7. The number of aliphatic hydroxyl groups is 5. The molecule has 0 aromatic carbocycles. The van der Waals surface area contributed by atoms with Crippen molar-refractivity contribution in [2.75, 3.05) is 50.8 Å². The molecule has 11 heteroatoms. The fraction of sp³-hybridized carbons (Fsp3) is 0.695. The first-order valence-corrected chi connectivity index (χ1v) is 29.4. The number of hydrogen-bond donors (Lipinski definition) is 5. The van der Waals surface area contributed by atoms with Gasteiger partial charge in [-0.25, -0.2) is 0 Å². The summed E-state index contributed by atoms with van der Waals surface area (Å²) in [4.78, 5) is 30.1. The van der Waals surface area contributed by atoms with Crippen LogP contribution in [0, 0.1) is 0 Å². The normalized spacial score (nSPS) is 15.1. The maximum atomic E-state index is 13.1. The fourth-order valence-electron chi connectivity index (χ4n) is 7.43. The lowest BCUT2D eigenvalue weighted by atomic mass is 10.1. The summed E-state index contributed by atoms with van der Waals surface area (Å²) in [5.74, 6) is 0.559. The Hall–Kier alpha value is -2.32. The van der Waals surface area contributed by atoms with Gasteiger partial charge in [-0.3, -0.25) is 19.4 Å². The molecule has 4 atom stereocenters. The molecule has 402 valence electrons. The van der Waals surface area contributed by atoms with E-state index in [0.717, 1.165) is 74.9 Å². The molecule has 0 aliphatic heterocycles. The summed E-state index contributed by atoms with van der Waals surface area (Å²) >= 11 is 1.77. The summed E-state index contributed by atoms with van der Waals surface area (Å²) in [7, 11) is 0. The van der Waals surface area contributed by atoms with Gasteiger partial charge in [0.1, 0.15) is 0 Å².